The van der Waals surface area contributed by atoms with E-state index in [-0.39, 0.29) is 11.4 Å². The number of aliphatic carboxylic acids is 1. The van der Waals surface area contributed by atoms with E-state index < -0.39 is 11.5 Å². The lowest BCUT2D eigenvalue weighted by molar-refractivity contribution is -0.147. The highest BCUT2D eigenvalue weighted by Gasteiger charge is 2.37. The SMILES string of the molecule is CN(C(=O)N1CCCC(C)(C)CC1)C(C)(C)C(=O)O. The number of carboxylic acid groups (broad SMARTS) is 1. The van der Waals surface area contributed by atoms with Crippen LogP contribution in [0, 0.1) is 5.41 Å². The van der Waals surface area contributed by atoms with Gasteiger partial charge in [-0.15, -0.1) is 0 Å². The van der Waals surface area contributed by atoms with Gasteiger partial charge in [0.2, 0.25) is 0 Å². The van der Waals surface area contributed by atoms with Crippen LogP contribution in [-0.4, -0.2) is 52.6 Å². The summed E-state index contributed by atoms with van der Waals surface area (Å²) in [5.41, 5.74) is -0.922. The van der Waals surface area contributed by atoms with Gasteiger partial charge in [-0.1, -0.05) is 13.8 Å². The fourth-order valence-corrected chi connectivity index (χ4v) is 2.21. The first-order chi connectivity index (χ1) is 8.58. The Bertz CT molecular complexity index is 364. The van der Waals surface area contributed by atoms with Crippen molar-refractivity contribution in [2.24, 2.45) is 5.41 Å². The molecule has 110 valence electrons. The number of carboxylic acids is 1. The zero-order chi connectivity index (χ0) is 14.8. The molecule has 1 aliphatic heterocycles. The number of hydrogen-bond acceptors (Lipinski definition) is 2. The maximum Gasteiger partial charge on any atom is 0.329 e. The summed E-state index contributed by atoms with van der Waals surface area (Å²) in [4.78, 5) is 26.7. The van der Waals surface area contributed by atoms with Crippen molar-refractivity contribution in [1.82, 2.24) is 9.80 Å². The summed E-state index contributed by atoms with van der Waals surface area (Å²) >= 11 is 0. The molecular formula is C14H26N2O3. The third-order valence-corrected chi connectivity index (χ3v) is 4.26. The van der Waals surface area contributed by atoms with Gasteiger partial charge in [-0.05, 0) is 38.5 Å². The Kier molecular flexibility index (Phi) is 4.48. The van der Waals surface area contributed by atoms with Crippen LogP contribution in [0.25, 0.3) is 0 Å². The molecule has 5 heteroatoms. The van der Waals surface area contributed by atoms with Crippen molar-refractivity contribution in [3.8, 4) is 0 Å². The van der Waals surface area contributed by atoms with E-state index in [0.29, 0.717) is 13.1 Å². The van der Waals surface area contributed by atoms with Crippen LogP contribution in [0.2, 0.25) is 0 Å². The molecule has 1 N–H and O–H groups in total. The van der Waals surface area contributed by atoms with E-state index in [9.17, 15) is 14.7 Å². The molecule has 0 bridgehead atoms. The number of likely N-dealkylation sites (N-methyl/N-ethyl adjacent to an activating group) is 1. The Morgan fingerprint density at radius 2 is 1.79 bits per heavy atom. The Hall–Kier alpha value is -1.26. The Morgan fingerprint density at radius 3 is 2.32 bits per heavy atom. The normalized spacial score (nSPS) is 19.7. The third-order valence-electron chi connectivity index (χ3n) is 4.26. The number of amides is 2. The zero-order valence-corrected chi connectivity index (χ0v) is 12.7. The number of carbonyl (C=O) groups excluding carboxylic acids is 1. The fraction of sp³-hybridized carbons (Fsp3) is 0.857. The predicted molar refractivity (Wildman–Crippen MR) is 74.1 cm³/mol. The number of hydrogen-bond donors (Lipinski definition) is 1. The highest BCUT2D eigenvalue weighted by molar-refractivity contribution is 5.85. The number of carbonyl (C=O) groups is 2. The molecule has 1 aliphatic rings. The Balaban J connectivity index is 2.75. The smallest absolute Gasteiger partial charge is 0.329 e. The van der Waals surface area contributed by atoms with Crippen molar-refractivity contribution >= 4 is 12.0 Å². The highest BCUT2D eigenvalue weighted by Crippen LogP contribution is 2.30. The first-order valence-electron chi connectivity index (χ1n) is 6.84. The Labute approximate surface area is 115 Å². The van der Waals surface area contributed by atoms with Gasteiger partial charge in [0, 0.05) is 20.1 Å². The number of rotatable bonds is 2. The molecule has 0 spiro atoms. The summed E-state index contributed by atoms with van der Waals surface area (Å²) in [7, 11) is 1.56. The molecular weight excluding hydrogens is 244 g/mol. The number of likely N-dealkylation sites (tertiary alicyclic amines) is 1. The van der Waals surface area contributed by atoms with Gasteiger partial charge in [0.15, 0.2) is 0 Å². The molecule has 19 heavy (non-hydrogen) atoms. The van der Waals surface area contributed by atoms with Crippen molar-refractivity contribution in [3.63, 3.8) is 0 Å². The van der Waals surface area contributed by atoms with Crippen molar-refractivity contribution < 1.29 is 14.7 Å². The molecule has 0 aromatic heterocycles. The molecule has 2 amide bonds. The zero-order valence-electron chi connectivity index (χ0n) is 12.7. The van der Waals surface area contributed by atoms with E-state index >= 15 is 0 Å². The van der Waals surface area contributed by atoms with Gasteiger partial charge < -0.3 is 14.9 Å². The Morgan fingerprint density at radius 1 is 1.21 bits per heavy atom. The molecule has 1 rings (SSSR count). The van der Waals surface area contributed by atoms with Crippen molar-refractivity contribution in [2.45, 2.75) is 52.5 Å². The lowest BCUT2D eigenvalue weighted by Gasteiger charge is -2.35. The standard InChI is InChI=1S/C14H26N2O3/c1-13(2)7-6-9-16(10-8-13)12(19)15(5)14(3,4)11(17)18/h6-10H2,1-5H3,(H,17,18). The maximum absolute atomic E-state index is 12.4. The van der Waals surface area contributed by atoms with Gasteiger partial charge in [0.25, 0.3) is 0 Å². The minimum atomic E-state index is -1.18. The minimum Gasteiger partial charge on any atom is -0.480 e. The first-order valence-corrected chi connectivity index (χ1v) is 6.84. The lowest BCUT2D eigenvalue weighted by atomic mass is 9.85. The summed E-state index contributed by atoms with van der Waals surface area (Å²) in [6.07, 6.45) is 3.03. The van der Waals surface area contributed by atoms with Crippen LogP contribution in [0.15, 0.2) is 0 Å². The van der Waals surface area contributed by atoms with Crippen molar-refractivity contribution in [2.75, 3.05) is 20.1 Å². The van der Waals surface area contributed by atoms with Gasteiger partial charge in [-0.3, -0.25) is 0 Å². The molecule has 0 unspecified atom stereocenters. The van der Waals surface area contributed by atoms with E-state index in [4.69, 9.17) is 0 Å². The molecule has 0 saturated carbocycles. The van der Waals surface area contributed by atoms with Crippen LogP contribution in [0.4, 0.5) is 4.79 Å². The van der Waals surface area contributed by atoms with Crippen molar-refractivity contribution in [3.05, 3.63) is 0 Å². The average molecular weight is 270 g/mol. The van der Waals surface area contributed by atoms with Gasteiger partial charge >= 0.3 is 12.0 Å². The monoisotopic (exact) mass is 270 g/mol. The molecule has 0 radical (unpaired) electrons. The molecule has 1 heterocycles. The van der Waals surface area contributed by atoms with Gasteiger partial charge in [0.1, 0.15) is 5.54 Å². The maximum atomic E-state index is 12.4. The van der Waals surface area contributed by atoms with Crippen LogP contribution in [-0.2, 0) is 4.79 Å². The van der Waals surface area contributed by atoms with Crippen LogP contribution >= 0.6 is 0 Å². The van der Waals surface area contributed by atoms with Crippen molar-refractivity contribution in [1.29, 1.82) is 0 Å². The summed E-state index contributed by atoms with van der Waals surface area (Å²) in [6, 6.07) is -0.190. The molecule has 1 fully saturated rings. The van der Waals surface area contributed by atoms with Gasteiger partial charge in [-0.2, -0.15) is 0 Å². The topological polar surface area (TPSA) is 60.9 Å². The largest absolute Gasteiger partial charge is 0.480 e. The first kappa shape index (κ1) is 15.8. The second kappa shape index (κ2) is 5.39. The second-order valence-electron chi connectivity index (χ2n) is 6.71. The van der Waals surface area contributed by atoms with Crippen LogP contribution in [0.3, 0.4) is 0 Å². The average Bonchev–Trinajstić information content (AvgIpc) is 2.48. The lowest BCUT2D eigenvalue weighted by Crippen LogP contribution is -2.55. The summed E-state index contributed by atoms with van der Waals surface area (Å²) in [5, 5.41) is 9.19. The van der Waals surface area contributed by atoms with E-state index in [2.05, 4.69) is 13.8 Å². The van der Waals surface area contributed by atoms with Crippen LogP contribution < -0.4 is 0 Å². The molecule has 0 aliphatic carbocycles. The van der Waals surface area contributed by atoms with Crippen LogP contribution in [0.1, 0.15) is 47.0 Å². The van der Waals surface area contributed by atoms with Crippen LogP contribution in [0.5, 0.6) is 0 Å². The summed E-state index contributed by atoms with van der Waals surface area (Å²) in [6.45, 7) is 8.94. The minimum absolute atomic E-state index is 0.190. The second-order valence-corrected chi connectivity index (χ2v) is 6.71. The predicted octanol–water partition coefficient (Wildman–Crippen LogP) is 2.41. The molecule has 0 atom stereocenters. The van der Waals surface area contributed by atoms with E-state index in [1.165, 1.54) is 4.90 Å². The van der Waals surface area contributed by atoms with Gasteiger partial charge in [-0.25, -0.2) is 9.59 Å². The quantitative estimate of drug-likeness (QED) is 0.838. The van der Waals surface area contributed by atoms with E-state index in [0.717, 1.165) is 19.3 Å². The molecule has 5 nitrogen and oxygen atoms in total. The number of urea groups is 1. The summed E-state index contributed by atoms with van der Waals surface area (Å²) < 4.78 is 0. The molecule has 0 aromatic carbocycles. The summed E-state index contributed by atoms with van der Waals surface area (Å²) in [5.74, 6) is -0.987. The van der Waals surface area contributed by atoms with E-state index in [1.54, 1.807) is 25.8 Å². The number of nitrogens with zero attached hydrogens (tertiary/aromatic N) is 2. The third kappa shape index (κ3) is 3.61. The van der Waals surface area contributed by atoms with E-state index in [1.807, 2.05) is 0 Å². The fourth-order valence-electron chi connectivity index (χ4n) is 2.21. The van der Waals surface area contributed by atoms with Gasteiger partial charge in [0.05, 0.1) is 0 Å². The molecule has 0 aromatic rings. The molecule has 1 saturated heterocycles. The highest BCUT2D eigenvalue weighted by atomic mass is 16.4.